The predicted octanol–water partition coefficient (Wildman–Crippen LogP) is 4.34. The summed E-state index contributed by atoms with van der Waals surface area (Å²) in [5.41, 5.74) is -1.75. The van der Waals surface area contributed by atoms with Crippen molar-refractivity contribution in [1.29, 1.82) is 0 Å². The number of nitrogens with zero attached hydrogens (tertiary/aromatic N) is 1. The average Bonchev–Trinajstić information content (AvgIpc) is 2.17. The van der Waals surface area contributed by atoms with Crippen molar-refractivity contribution in [2.75, 3.05) is 0 Å². The second-order valence-corrected chi connectivity index (χ2v) is 4.25. The zero-order valence-corrected chi connectivity index (χ0v) is 11.1. The van der Waals surface area contributed by atoms with Crippen LogP contribution in [0.5, 0.6) is 5.75 Å². The van der Waals surface area contributed by atoms with Crippen LogP contribution in [0.25, 0.3) is 0 Å². The molecule has 0 atom stereocenters. The van der Waals surface area contributed by atoms with E-state index in [2.05, 4.69) is 9.72 Å². The van der Waals surface area contributed by atoms with E-state index in [1.165, 1.54) is 22.6 Å². The Bertz CT molecular complexity index is 446. The first-order valence-corrected chi connectivity index (χ1v) is 5.74. The molecule has 0 N–H and O–H groups in total. The molecular weight excluding hydrogens is 402 g/mol. The van der Waals surface area contributed by atoms with E-state index in [-0.39, 0.29) is 0 Å². The maximum absolute atomic E-state index is 12.4. The van der Waals surface area contributed by atoms with Gasteiger partial charge in [0.05, 0.1) is 5.88 Å². The zero-order valence-electron chi connectivity index (χ0n) is 8.16. The lowest BCUT2D eigenvalue weighted by Gasteiger charge is -2.15. The monoisotopic (exact) mass is 405 g/mol. The molecule has 18 heavy (non-hydrogen) atoms. The van der Waals surface area contributed by atoms with E-state index in [4.69, 9.17) is 11.6 Å². The fourth-order valence-electron chi connectivity index (χ4n) is 1.02. The van der Waals surface area contributed by atoms with Crippen LogP contribution in [0.4, 0.5) is 26.3 Å². The van der Waals surface area contributed by atoms with Gasteiger partial charge in [-0.15, -0.1) is 24.8 Å². The Kier molecular flexibility index (Phi) is 4.57. The van der Waals surface area contributed by atoms with Crippen LogP contribution in [0.3, 0.4) is 0 Å². The lowest BCUT2D eigenvalue weighted by atomic mass is 10.2. The van der Waals surface area contributed by atoms with E-state index in [0.717, 1.165) is 0 Å². The fraction of sp³-hybridized carbons (Fsp3) is 0.375. The average molecular weight is 405 g/mol. The number of aromatic nitrogens is 1. The molecule has 0 spiro atoms. The number of alkyl halides is 7. The molecule has 1 aromatic heterocycles. The molecule has 1 rings (SSSR count). The van der Waals surface area contributed by atoms with Crippen molar-refractivity contribution in [3.8, 4) is 5.75 Å². The Morgan fingerprint density at radius 2 is 1.78 bits per heavy atom. The van der Waals surface area contributed by atoms with E-state index in [0.29, 0.717) is 6.07 Å². The third-order valence-electron chi connectivity index (χ3n) is 1.66. The maximum Gasteiger partial charge on any atom is 0.573 e. The van der Waals surface area contributed by atoms with Crippen LogP contribution in [-0.4, -0.2) is 11.3 Å². The van der Waals surface area contributed by atoms with Crippen molar-refractivity contribution in [3.05, 3.63) is 21.0 Å². The SMILES string of the molecule is FC(F)(F)Oc1c(CCl)cc(C(F)(F)F)nc1I. The van der Waals surface area contributed by atoms with Crippen molar-refractivity contribution < 1.29 is 31.1 Å². The Labute approximate surface area is 115 Å². The predicted molar refractivity (Wildman–Crippen MR) is 58.2 cm³/mol. The number of rotatable bonds is 2. The molecule has 0 unspecified atom stereocenters. The van der Waals surface area contributed by atoms with Crippen molar-refractivity contribution in [2.45, 2.75) is 18.4 Å². The molecule has 0 aliphatic heterocycles. The summed E-state index contributed by atoms with van der Waals surface area (Å²) in [6.45, 7) is 0. The highest BCUT2D eigenvalue weighted by atomic mass is 127. The summed E-state index contributed by atoms with van der Waals surface area (Å²) in [6, 6.07) is 0.427. The Balaban J connectivity index is 3.29. The summed E-state index contributed by atoms with van der Waals surface area (Å²) >= 11 is 6.53. The van der Waals surface area contributed by atoms with Gasteiger partial charge in [0.25, 0.3) is 0 Å². The first-order valence-electron chi connectivity index (χ1n) is 4.13. The molecule has 1 heterocycles. The largest absolute Gasteiger partial charge is 0.573 e. The van der Waals surface area contributed by atoms with E-state index >= 15 is 0 Å². The number of halogens is 8. The van der Waals surface area contributed by atoms with E-state index in [1.54, 1.807) is 0 Å². The van der Waals surface area contributed by atoms with Crippen LogP contribution in [0.15, 0.2) is 6.07 Å². The highest BCUT2D eigenvalue weighted by Gasteiger charge is 2.37. The minimum Gasteiger partial charge on any atom is -0.403 e. The van der Waals surface area contributed by atoms with Crippen LogP contribution >= 0.6 is 34.2 Å². The van der Waals surface area contributed by atoms with E-state index in [1.807, 2.05) is 0 Å². The second-order valence-electron chi connectivity index (χ2n) is 2.97. The first-order chi connectivity index (χ1) is 8.04. The molecule has 0 amide bonds. The van der Waals surface area contributed by atoms with Crippen molar-refractivity contribution in [2.24, 2.45) is 0 Å². The van der Waals surface area contributed by atoms with Gasteiger partial charge in [-0.05, 0) is 28.7 Å². The maximum atomic E-state index is 12.4. The summed E-state index contributed by atoms with van der Waals surface area (Å²) in [4.78, 5) is 3.02. The topological polar surface area (TPSA) is 22.1 Å². The minimum atomic E-state index is -5.03. The number of hydrogen-bond acceptors (Lipinski definition) is 2. The third-order valence-corrected chi connectivity index (χ3v) is 2.68. The number of ether oxygens (including phenoxy) is 1. The van der Waals surface area contributed by atoms with E-state index < -0.39 is 39.1 Å². The molecule has 0 aliphatic carbocycles. The third kappa shape index (κ3) is 4.04. The smallest absolute Gasteiger partial charge is 0.403 e. The van der Waals surface area contributed by atoms with Crippen LogP contribution in [0.1, 0.15) is 11.3 Å². The quantitative estimate of drug-likeness (QED) is 0.316. The highest BCUT2D eigenvalue weighted by Crippen LogP contribution is 2.36. The Hall–Kier alpha value is -0.450. The molecular formula is C8H3ClF6INO. The van der Waals surface area contributed by atoms with E-state index in [9.17, 15) is 26.3 Å². The molecule has 1 aromatic rings. The van der Waals surface area contributed by atoms with Crippen LogP contribution < -0.4 is 4.74 Å². The first kappa shape index (κ1) is 15.6. The summed E-state index contributed by atoms with van der Waals surface area (Å²) in [6.07, 6.45) is -9.79. The summed E-state index contributed by atoms with van der Waals surface area (Å²) in [5, 5.41) is 0. The zero-order chi connectivity index (χ0) is 14.1. The van der Waals surface area contributed by atoms with Crippen LogP contribution in [-0.2, 0) is 12.1 Å². The molecule has 2 nitrogen and oxygen atoms in total. The van der Waals surface area contributed by atoms with Crippen molar-refractivity contribution >= 4 is 34.2 Å². The Morgan fingerprint density at radius 1 is 1.22 bits per heavy atom. The molecule has 0 saturated heterocycles. The molecule has 0 aromatic carbocycles. The van der Waals surface area contributed by atoms with Gasteiger partial charge in [-0.25, -0.2) is 4.98 Å². The molecule has 0 fully saturated rings. The lowest BCUT2D eigenvalue weighted by molar-refractivity contribution is -0.275. The number of pyridine rings is 1. The van der Waals surface area contributed by atoms with Crippen LogP contribution in [0, 0.1) is 3.70 Å². The number of hydrogen-bond donors (Lipinski definition) is 0. The standard InChI is InChI=1S/C8H3ClF6INO/c9-2-3-1-4(7(10,11)12)17-6(16)5(3)18-8(13,14)15/h1H,2H2. The normalized spacial score (nSPS) is 12.7. The van der Waals surface area contributed by atoms with Crippen molar-refractivity contribution in [1.82, 2.24) is 4.98 Å². The van der Waals surface area contributed by atoms with Gasteiger partial charge in [0.15, 0.2) is 5.75 Å². The van der Waals surface area contributed by atoms with Gasteiger partial charge in [-0.3, -0.25) is 0 Å². The van der Waals surface area contributed by atoms with Gasteiger partial charge in [-0.1, -0.05) is 0 Å². The van der Waals surface area contributed by atoms with Gasteiger partial charge >= 0.3 is 12.5 Å². The molecule has 0 aliphatic rings. The summed E-state index contributed by atoms with van der Waals surface area (Å²) < 4.78 is 76.3. The highest BCUT2D eigenvalue weighted by molar-refractivity contribution is 14.1. The van der Waals surface area contributed by atoms with Crippen LogP contribution in [0.2, 0.25) is 0 Å². The summed E-state index contributed by atoms with van der Waals surface area (Å²) in [5.74, 6) is -1.38. The molecule has 0 radical (unpaired) electrons. The van der Waals surface area contributed by atoms with Gasteiger partial charge in [0.1, 0.15) is 9.39 Å². The minimum absolute atomic E-state index is 0.427. The Morgan fingerprint density at radius 3 is 2.17 bits per heavy atom. The van der Waals surface area contributed by atoms with Gasteiger partial charge < -0.3 is 4.74 Å². The van der Waals surface area contributed by atoms with Gasteiger partial charge in [0, 0.05) is 5.56 Å². The van der Waals surface area contributed by atoms with Gasteiger partial charge in [0.2, 0.25) is 0 Å². The van der Waals surface area contributed by atoms with Crippen molar-refractivity contribution in [3.63, 3.8) is 0 Å². The molecule has 102 valence electrons. The molecule has 0 bridgehead atoms. The fourth-order valence-corrected chi connectivity index (χ4v) is 1.93. The second kappa shape index (κ2) is 5.27. The molecule has 10 heteroatoms. The molecule has 0 saturated carbocycles. The lowest BCUT2D eigenvalue weighted by Crippen LogP contribution is -2.20. The van der Waals surface area contributed by atoms with Gasteiger partial charge in [-0.2, -0.15) is 13.2 Å². The summed E-state index contributed by atoms with van der Waals surface area (Å²) in [7, 11) is 0.